The third-order valence-electron chi connectivity index (χ3n) is 4.65. The van der Waals surface area contributed by atoms with Crippen LogP contribution in [0.25, 0.3) is 0 Å². The molecule has 3 rings (SSSR count). The van der Waals surface area contributed by atoms with Gasteiger partial charge < -0.3 is 5.32 Å². The van der Waals surface area contributed by atoms with Gasteiger partial charge in [0.15, 0.2) is 0 Å². The van der Waals surface area contributed by atoms with Crippen LogP contribution in [0.4, 0.5) is 0 Å². The molecule has 0 aliphatic heterocycles. The van der Waals surface area contributed by atoms with Gasteiger partial charge >= 0.3 is 0 Å². The van der Waals surface area contributed by atoms with Crippen molar-refractivity contribution in [2.24, 2.45) is 0 Å². The first-order valence-electron chi connectivity index (χ1n) is 7.25. The second-order valence-corrected chi connectivity index (χ2v) is 6.03. The Balaban J connectivity index is 2.05. The van der Waals surface area contributed by atoms with Gasteiger partial charge in [-0.15, -0.1) is 0 Å². The largest absolute Gasteiger partial charge is 0.312 e. The summed E-state index contributed by atoms with van der Waals surface area (Å²) in [6.07, 6.45) is 3.72. The van der Waals surface area contributed by atoms with Gasteiger partial charge in [0.05, 0.1) is 0 Å². The van der Waals surface area contributed by atoms with Crippen LogP contribution in [0.3, 0.4) is 0 Å². The Bertz CT molecular complexity index is 575. The van der Waals surface area contributed by atoms with Crippen molar-refractivity contribution in [2.75, 3.05) is 7.05 Å². The Kier molecular flexibility index (Phi) is 3.82. The van der Waals surface area contributed by atoms with E-state index in [9.17, 15) is 0 Å². The van der Waals surface area contributed by atoms with Crippen LogP contribution < -0.4 is 5.32 Å². The van der Waals surface area contributed by atoms with E-state index in [2.05, 4.69) is 47.8 Å². The van der Waals surface area contributed by atoms with Crippen molar-refractivity contribution in [2.45, 2.75) is 30.7 Å². The summed E-state index contributed by atoms with van der Waals surface area (Å²) in [5.41, 5.74) is 2.81. The van der Waals surface area contributed by atoms with E-state index in [0.29, 0.717) is 0 Å². The molecule has 0 bridgehead atoms. The number of hydrogen-bond donors (Lipinski definition) is 1. The van der Waals surface area contributed by atoms with Gasteiger partial charge in [-0.05, 0) is 37.1 Å². The molecule has 0 aromatic heterocycles. The summed E-state index contributed by atoms with van der Waals surface area (Å²) < 4.78 is 0. The molecule has 1 N–H and O–H groups in total. The lowest BCUT2D eigenvalue weighted by atomic mass is 9.59. The van der Waals surface area contributed by atoms with Crippen molar-refractivity contribution in [1.29, 1.82) is 0 Å². The zero-order valence-corrected chi connectivity index (χ0v) is 12.5. The van der Waals surface area contributed by atoms with Crippen LogP contribution in [0.2, 0.25) is 5.02 Å². The van der Waals surface area contributed by atoms with Gasteiger partial charge in [0.25, 0.3) is 0 Å². The van der Waals surface area contributed by atoms with Crippen molar-refractivity contribution < 1.29 is 0 Å². The number of likely N-dealkylation sites (N-methyl/N-ethyl adjacent to an activating group) is 1. The number of hydrogen-bond acceptors (Lipinski definition) is 1. The minimum Gasteiger partial charge on any atom is -0.312 e. The maximum absolute atomic E-state index is 6.43. The molecule has 0 heterocycles. The summed E-state index contributed by atoms with van der Waals surface area (Å²) in [5.74, 6) is 0. The fourth-order valence-corrected chi connectivity index (χ4v) is 3.76. The zero-order chi connectivity index (χ0) is 14.0. The van der Waals surface area contributed by atoms with Crippen LogP contribution >= 0.6 is 11.6 Å². The van der Waals surface area contributed by atoms with Crippen molar-refractivity contribution in [1.82, 2.24) is 5.32 Å². The number of nitrogens with one attached hydrogen (secondary N) is 1. The first kappa shape index (κ1) is 13.7. The molecule has 1 nitrogen and oxygen atoms in total. The van der Waals surface area contributed by atoms with Gasteiger partial charge in [0.1, 0.15) is 0 Å². The van der Waals surface area contributed by atoms with Gasteiger partial charge in [0.2, 0.25) is 0 Å². The van der Waals surface area contributed by atoms with E-state index in [1.165, 1.54) is 30.4 Å². The molecular weight excluding hydrogens is 266 g/mol. The molecular formula is C18H20ClN. The lowest BCUT2D eigenvalue weighted by Gasteiger charge is -2.48. The molecule has 0 amide bonds. The van der Waals surface area contributed by atoms with Crippen molar-refractivity contribution in [3.63, 3.8) is 0 Å². The number of benzene rings is 2. The molecule has 0 radical (unpaired) electrons. The lowest BCUT2D eigenvalue weighted by Crippen LogP contribution is -2.45. The Morgan fingerprint density at radius 2 is 1.65 bits per heavy atom. The van der Waals surface area contributed by atoms with E-state index < -0.39 is 0 Å². The Morgan fingerprint density at radius 3 is 2.20 bits per heavy atom. The topological polar surface area (TPSA) is 12.0 Å². The average molecular weight is 286 g/mol. The Labute approximate surface area is 126 Å². The molecule has 104 valence electrons. The van der Waals surface area contributed by atoms with Crippen LogP contribution in [-0.4, -0.2) is 7.05 Å². The van der Waals surface area contributed by atoms with E-state index in [1.807, 2.05) is 19.2 Å². The van der Waals surface area contributed by atoms with Crippen LogP contribution in [0.1, 0.15) is 36.4 Å². The maximum Gasteiger partial charge on any atom is 0.0454 e. The zero-order valence-electron chi connectivity index (χ0n) is 11.8. The van der Waals surface area contributed by atoms with Crippen LogP contribution in [0, 0.1) is 0 Å². The van der Waals surface area contributed by atoms with Crippen molar-refractivity contribution in [3.05, 3.63) is 70.7 Å². The summed E-state index contributed by atoms with van der Waals surface area (Å²) in [6, 6.07) is 19.3. The molecule has 1 atom stereocenters. The molecule has 1 aliphatic rings. The molecule has 1 saturated carbocycles. The highest BCUT2D eigenvalue weighted by Crippen LogP contribution is 2.52. The second-order valence-electron chi connectivity index (χ2n) is 5.62. The van der Waals surface area contributed by atoms with E-state index >= 15 is 0 Å². The third-order valence-corrected chi connectivity index (χ3v) is 5.00. The summed E-state index contributed by atoms with van der Waals surface area (Å²) in [4.78, 5) is 0. The minimum atomic E-state index is 0.182. The summed E-state index contributed by atoms with van der Waals surface area (Å²) >= 11 is 6.43. The van der Waals surface area contributed by atoms with Crippen molar-refractivity contribution >= 4 is 11.6 Å². The second kappa shape index (κ2) is 5.59. The van der Waals surface area contributed by atoms with Gasteiger partial charge in [-0.2, -0.15) is 0 Å². The highest BCUT2D eigenvalue weighted by Gasteiger charge is 2.45. The molecule has 0 saturated heterocycles. The lowest BCUT2D eigenvalue weighted by molar-refractivity contribution is 0.176. The third kappa shape index (κ3) is 2.15. The first-order valence-corrected chi connectivity index (χ1v) is 7.63. The molecule has 20 heavy (non-hydrogen) atoms. The molecule has 2 aromatic carbocycles. The predicted octanol–water partition coefficient (Wildman–Crippen LogP) is 4.72. The SMILES string of the molecule is CNC(c1ccccc1Cl)C1(c2ccccc2)CCC1. The van der Waals surface area contributed by atoms with Crippen LogP contribution in [0.15, 0.2) is 54.6 Å². The fourth-order valence-electron chi connectivity index (χ4n) is 3.51. The molecule has 1 unspecified atom stereocenters. The van der Waals surface area contributed by atoms with Gasteiger partial charge in [-0.1, -0.05) is 66.6 Å². The Morgan fingerprint density at radius 1 is 1.00 bits per heavy atom. The van der Waals surface area contributed by atoms with Crippen molar-refractivity contribution in [3.8, 4) is 0 Å². The standard InChI is InChI=1S/C18H20ClN/c1-20-17(15-10-5-6-11-16(15)19)18(12-7-13-18)14-8-3-2-4-9-14/h2-6,8-11,17,20H,7,12-13H2,1H3. The van der Waals surface area contributed by atoms with Crippen LogP contribution in [-0.2, 0) is 5.41 Å². The molecule has 2 aromatic rings. The highest BCUT2D eigenvalue weighted by molar-refractivity contribution is 6.31. The predicted molar refractivity (Wildman–Crippen MR) is 85.2 cm³/mol. The van der Waals surface area contributed by atoms with Gasteiger partial charge in [-0.3, -0.25) is 0 Å². The van der Waals surface area contributed by atoms with E-state index in [0.717, 1.165) is 5.02 Å². The fraction of sp³-hybridized carbons (Fsp3) is 0.333. The number of rotatable bonds is 4. The first-order chi connectivity index (χ1) is 9.78. The van der Waals surface area contributed by atoms with Crippen LogP contribution in [0.5, 0.6) is 0 Å². The minimum absolute atomic E-state index is 0.182. The average Bonchev–Trinajstić information content (AvgIpc) is 2.45. The van der Waals surface area contributed by atoms with Gasteiger partial charge in [-0.25, -0.2) is 0 Å². The highest BCUT2D eigenvalue weighted by atomic mass is 35.5. The van der Waals surface area contributed by atoms with E-state index in [-0.39, 0.29) is 11.5 Å². The van der Waals surface area contributed by atoms with E-state index in [1.54, 1.807) is 0 Å². The molecule has 0 spiro atoms. The summed E-state index contributed by atoms with van der Waals surface area (Å²) in [5, 5.41) is 4.37. The number of halogens is 1. The molecule has 1 aliphatic carbocycles. The Hall–Kier alpha value is -1.31. The smallest absolute Gasteiger partial charge is 0.0454 e. The van der Waals surface area contributed by atoms with E-state index in [4.69, 9.17) is 11.6 Å². The monoisotopic (exact) mass is 285 g/mol. The molecule has 2 heteroatoms. The normalized spacial score (nSPS) is 18.3. The summed E-state index contributed by atoms with van der Waals surface area (Å²) in [6.45, 7) is 0. The van der Waals surface area contributed by atoms with Gasteiger partial charge in [0, 0.05) is 16.5 Å². The summed E-state index contributed by atoms with van der Waals surface area (Å²) in [7, 11) is 2.04. The quantitative estimate of drug-likeness (QED) is 0.857. The maximum atomic E-state index is 6.43. The molecule has 1 fully saturated rings.